The number of guanidine groups is 2. The van der Waals surface area contributed by atoms with Gasteiger partial charge >= 0.3 is 0 Å². The predicted octanol–water partition coefficient (Wildman–Crippen LogP) is 2.11. The van der Waals surface area contributed by atoms with Crippen LogP contribution in [0.4, 0.5) is 5.69 Å². The van der Waals surface area contributed by atoms with Crippen molar-refractivity contribution in [2.24, 2.45) is 16.5 Å². The van der Waals surface area contributed by atoms with Gasteiger partial charge in [0.15, 0.2) is 5.96 Å². The van der Waals surface area contributed by atoms with Crippen molar-refractivity contribution in [2.75, 3.05) is 11.9 Å². The molecule has 0 radical (unpaired) electrons. The topological polar surface area (TPSA) is 91.5 Å². The molecule has 0 aliphatic rings. The van der Waals surface area contributed by atoms with Crippen LogP contribution in [0.15, 0.2) is 23.2 Å². The van der Waals surface area contributed by atoms with Crippen LogP contribution < -0.4 is 16.4 Å². The number of nitrogens with two attached hydrogens (primary N) is 2. The van der Waals surface area contributed by atoms with Gasteiger partial charge in [0.2, 0.25) is 5.96 Å². The number of benzene rings is 1. The van der Waals surface area contributed by atoms with Crippen molar-refractivity contribution in [2.45, 2.75) is 19.8 Å². The fourth-order valence-corrected chi connectivity index (χ4v) is 1.96. The van der Waals surface area contributed by atoms with Crippen LogP contribution in [0.25, 0.3) is 0 Å². The number of anilines is 1. The molecule has 5 N–H and O–H groups in total. The number of hydrogen-bond donors (Lipinski definition) is 3. The molecule has 0 amide bonds. The van der Waals surface area contributed by atoms with Crippen LogP contribution >= 0.6 is 11.6 Å². The highest BCUT2D eigenvalue weighted by molar-refractivity contribution is 6.34. The monoisotopic (exact) mass is 267 g/mol. The van der Waals surface area contributed by atoms with E-state index in [9.17, 15) is 0 Å². The van der Waals surface area contributed by atoms with Gasteiger partial charge in [0.25, 0.3) is 0 Å². The lowest BCUT2D eigenvalue weighted by Gasteiger charge is -2.23. The Morgan fingerprint density at radius 1 is 1.39 bits per heavy atom. The maximum atomic E-state index is 7.82. The Balaban J connectivity index is 3.24. The Morgan fingerprint density at radius 2 is 2.00 bits per heavy atom. The van der Waals surface area contributed by atoms with Crippen LogP contribution in [0, 0.1) is 5.41 Å². The van der Waals surface area contributed by atoms with Gasteiger partial charge in [0.1, 0.15) is 0 Å². The lowest BCUT2D eigenvalue weighted by atomic mass is 10.0. The highest BCUT2D eigenvalue weighted by Gasteiger charge is 2.16. The Morgan fingerprint density at radius 3 is 2.50 bits per heavy atom. The zero-order valence-corrected chi connectivity index (χ0v) is 11.5. The lowest BCUT2D eigenvalue weighted by Crippen LogP contribution is -2.31. The highest BCUT2D eigenvalue weighted by Crippen LogP contribution is 2.33. The Bertz CT molecular complexity index is 477. The van der Waals surface area contributed by atoms with E-state index in [1.807, 2.05) is 12.1 Å². The zero-order valence-electron chi connectivity index (χ0n) is 10.7. The second kappa shape index (κ2) is 5.73. The van der Waals surface area contributed by atoms with E-state index in [1.54, 1.807) is 18.0 Å². The van der Waals surface area contributed by atoms with E-state index in [1.165, 1.54) is 0 Å². The second-order valence-electron chi connectivity index (χ2n) is 4.25. The molecule has 0 aliphatic carbocycles. The molecular weight excluding hydrogens is 250 g/mol. The van der Waals surface area contributed by atoms with E-state index >= 15 is 0 Å². The summed E-state index contributed by atoms with van der Waals surface area (Å²) in [6, 6.07) is 5.65. The summed E-state index contributed by atoms with van der Waals surface area (Å²) in [4.78, 5) is 5.28. The standard InChI is InChI=1S/C12H18ClN5/c1-7(2)8-5-4-6-9(13)10(8)18(3)12(16)17-11(14)15/h4-7H,1-3H3,(H5,14,15,16,17). The van der Waals surface area contributed by atoms with E-state index in [4.69, 9.17) is 28.5 Å². The average Bonchev–Trinajstić information content (AvgIpc) is 2.26. The molecule has 0 saturated carbocycles. The van der Waals surface area contributed by atoms with E-state index in [-0.39, 0.29) is 17.8 Å². The summed E-state index contributed by atoms with van der Waals surface area (Å²) in [5.74, 6) is 0.0863. The summed E-state index contributed by atoms with van der Waals surface area (Å²) in [6.07, 6.45) is 0. The van der Waals surface area contributed by atoms with Crippen LogP contribution in [-0.4, -0.2) is 19.0 Å². The van der Waals surface area contributed by atoms with Crippen molar-refractivity contribution in [1.82, 2.24) is 0 Å². The fraction of sp³-hybridized carbons (Fsp3) is 0.333. The minimum absolute atomic E-state index is 0.0509. The second-order valence-corrected chi connectivity index (χ2v) is 4.66. The largest absolute Gasteiger partial charge is 0.370 e. The lowest BCUT2D eigenvalue weighted by molar-refractivity contribution is 0.863. The first-order valence-corrected chi connectivity index (χ1v) is 5.92. The number of nitrogens with one attached hydrogen (secondary N) is 1. The smallest absolute Gasteiger partial charge is 0.225 e. The quantitative estimate of drug-likeness (QED) is 0.566. The Hall–Kier alpha value is -1.75. The molecule has 18 heavy (non-hydrogen) atoms. The van der Waals surface area contributed by atoms with Gasteiger partial charge in [0, 0.05) is 7.05 Å². The summed E-state index contributed by atoms with van der Waals surface area (Å²) in [5.41, 5.74) is 12.3. The maximum Gasteiger partial charge on any atom is 0.225 e. The van der Waals surface area contributed by atoms with Crippen molar-refractivity contribution in [3.05, 3.63) is 28.8 Å². The summed E-state index contributed by atoms with van der Waals surface area (Å²) in [6.45, 7) is 4.13. The van der Waals surface area contributed by atoms with Gasteiger partial charge in [-0.3, -0.25) is 5.41 Å². The molecule has 0 unspecified atom stereocenters. The fourth-order valence-electron chi connectivity index (χ4n) is 1.65. The van der Waals surface area contributed by atoms with Gasteiger partial charge < -0.3 is 16.4 Å². The number of rotatable bonds is 2. The van der Waals surface area contributed by atoms with Crippen molar-refractivity contribution in [3.63, 3.8) is 0 Å². The minimum Gasteiger partial charge on any atom is -0.370 e. The molecule has 98 valence electrons. The third kappa shape index (κ3) is 3.13. The average molecular weight is 268 g/mol. The van der Waals surface area contributed by atoms with Gasteiger partial charge in [-0.2, -0.15) is 4.99 Å². The van der Waals surface area contributed by atoms with Crippen LogP contribution in [0.1, 0.15) is 25.3 Å². The van der Waals surface area contributed by atoms with E-state index < -0.39 is 0 Å². The third-order valence-electron chi connectivity index (χ3n) is 2.53. The van der Waals surface area contributed by atoms with Crippen LogP contribution in [0.5, 0.6) is 0 Å². The summed E-state index contributed by atoms with van der Waals surface area (Å²) in [7, 11) is 1.71. The first-order chi connectivity index (χ1) is 8.34. The van der Waals surface area contributed by atoms with Gasteiger partial charge in [-0.15, -0.1) is 0 Å². The summed E-state index contributed by atoms with van der Waals surface area (Å²) < 4.78 is 0. The normalized spacial score (nSPS) is 10.3. The number of aliphatic imine (C=N–C) groups is 1. The number of hydrogen-bond acceptors (Lipinski definition) is 1. The molecule has 1 aromatic carbocycles. The number of halogens is 1. The van der Waals surface area contributed by atoms with Crippen molar-refractivity contribution in [1.29, 1.82) is 5.41 Å². The zero-order chi connectivity index (χ0) is 13.9. The molecule has 0 atom stereocenters. The van der Waals surface area contributed by atoms with Gasteiger partial charge in [-0.1, -0.05) is 37.6 Å². The van der Waals surface area contributed by atoms with Crippen LogP contribution in [0.3, 0.4) is 0 Å². The molecule has 0 fully saturated rings. The molecule has 0 aromatic heterocycles. The molecule has 0 bridgehead atoms. The van der Waals surface area contributed by atoms with E-state index in [2.05, 4.69) is 18.8 Å². The SMILES string of the molecule is CC(C)c1cccc(Cl)c1N(C)C(=N)N=C(N)N. The summed E-state index contributed by atoms with van der Waals surface area (Å²) in [5, 5.41) is 8.39. The summed E-state index contributed by atoms with van der Waals surface area (Å²) >= 11 is 6.20. The third-order valence-corrected chi connectivity index (χ3v) is 2.83. The molecule has 6 heteroatoms. The van der Waals surface area contributed by atoms with Crippen LogP contribution in [0.2, 0.25) is 5.02 Å². The van der Waals surface area contributed by atoms with Gasteiger partial charge in [-0.25, -0.2) is 0 Å². The minimum atomic E-state index is -0.148. The van der Waals surface area contributed by atoms with E-state index in [0.29, 0.717) is 5.02 Å². The van der Waals surface area contributed by atoms with Crippen LogP contribution in [-0.2, 0) is 0 Å². The molecule has 0 heterocycles. The molecule has 0 aliphatic heterocycles. The van der Waals surface area contributed by atoms with Gasteiger partial charge in [-0.05, 0) is 17.5 Å². The first kappa shape index (κ1) is 14.3. The Kier molecular flexibility index (Phi) is 4.55. The van der Waals surface area contributed by atoms with Crippen molar-refractivity contribution < 1.29 is 0 Å². The molecule has 1 rings (SSSR count). The molecule has 0 saturated heterocycles. The van der Waals surface area contributed by atoms with Crippen molar-refractivity contribution >= 4 is 29.2 Å². The molecular formula is C12H18ClN5. The first-order valence-electron chi connectivity index (χ1n) is 5.55. The Labute approximate surface area is 112 Å². The molecule has 1 aromatic rings. The highest BCUT2D eigenvalue weighted by atomic mass is 35.5. The maximum absolute atomic E-state index is 7.82. The van der Waals surface area contributed by atoms with E-state index in [0.717, 1.165) is 11.3 Å². The number of nitrogens with zero attached hydrogens (tertiary/aromatic N) is 2. The predicted molar refractivity (Wildman–Crippen MR) is 77.5 cm³/mol. The number of para-hydroxylation sites is 1. The van der Waals surface area contributed by atoms with Crippen molar-refractivity contribution in [3.8, 4) is 0 Å². The molecule has 5 nitrogen and oxygen atoms in total. The van der Waals surface area contributed by atoms with Gasteiger partial charge in [0.05, 0.1) is 10.7 Å². The molecule has 0 spiro atoms.